The Bertz CT molecular complexity index is 324. The summed E-state index contributed by atoms with van der Waals surface area (Å²) in [4.78, 5) is 14.9. The van der Waals surface area contributed by atoms with Gasteiger partial charge >= 0.3 is 6.18 Å². The molecule has 0 aromatic carbocycles. The largest absolute Gasteiger partial charge is 0.406 e. The maximum atomic E-state index is 12.3. The normalized spacial score (nSPS) is 31.1. The fourth-order valence-electron chi connectivity index (χ4n) is 2.56. The molecule has 2 fully saturated rings. The van der Waals surface area contributed by atoms with Gasteiger partial charge in [-0.05, 0) is 6.42 Å². The molecule has 104 valence electrons. The molecule has 0 spiro atoms. The summed E-state index contributed by atoms with van der Waals surface area (Å²) in [6.07, 6.45) is -3.78. The highest BCUT2D eigenvalue weighted by atomic mass is 32.2. The van der Waals surface area contributed by atoms with Crippen molar-refractivity contribution in [2.45, 2.75) is 30.8 Å². The van der Waals surface area contributed by atoms with Gasteiger partial charge in [0, 0.05) is 30.6 Å². The summed E-state index contributed by atoms with van der Waals surface area (Å²) in [5, 5.41) is 0.447. The first-order chi connectivity index (χ1) is 8.37. The lowest BCUT2D eigenvalue weighted by atomic mass is 10.2. The van der Waals surface area contributed by atoms with E-state index in [9.17, 15) is 18.0 Å². The second-order valence-electron chi connectivity index (χ2n) is 4.86. The standard InChI is InChI=1S/C11H17F3N2OS/c1-8-6-15(4-5-18-8)9-2-3-16(10(9)17)7-11(12,13)14/h8-9H,2-7H2,1H3. The lowest BCUT2D eigenvalue weighted by Gasteiger charge is -2.34. The molecule has 18 heavy (non-hydrogen) atoms. The van der Waals surface area contributed by atoms with Crippen molar-refractivity contribution in [3.05, 3.63) is 0 Å². The molecule has 2 atom stereocenters. The Morgan fingerprint density at radius 3 is 2.72 bits per heavy atom. The molecule has 2 aliphatic rings. The van der Waals surface area contributed by atoms with Crippen LogP contribution in [0.15, 0.2) is 0 Å². The van der Waals surface area contributed by atoms with E-state index in [1.54, 1.807) is 0 Å². The average molecular weight is 282 g/mol. The van der Waals surface area contributed by atoms with Crippen molar-refractivity contribution in [1.29, 1.82) is 0 Å². The summed E-state index contributed by atoms with van der Waals surface area (Å²) in [7, 11) is 0. The maximum absolute atomic E-state index is 12.3. The molecule has 2 saturated heterocycles. The number of carbonyl (C=O) groups is 1. The molecule has 7 heteroatoms. The number of rotatable bonds is 2. The predicted octanol–water partition coefficient (Wildman–Crippen LogP) is 1.59. The van der Waals surface area contributed by atoms with Crippen LogP contribution in [0.25, 0.3) is 0 Å². The van der Waals surface area contributed by atoms with Crippen molar-refractivity contribution in [3.8, 4) is 0 Å². The molecule has 2 heterocycles. The fraction of sp³-hybridized carbons (Fsp3) is 0.909. The van der Waals surface area contributed by atoms with Gasteiger partial charge in [0.1, 0.15) is 6.54 Å². The molecule has 0 N–H and O–H groups in total. The number of likely N-dealkylation sites (tertiary alicyclic amines) is 1. The Balaban J connectivity index is 1.94. The zero-order valence-corrected chi connectivity index (χ0v) is 11.1. The van der Waals surface area contributed by atoms with Crippen LogP contribution in [0, 0.1) is 0 Å². The van der Waals surface area contributed by atoms with Crippen LogP contribution in [0.1, 0.15) is 13.3 Å². The quantitative estimate of drug-likeness (QED) is 0.768. The highest BCUT2D eigenvalue weighted by molar-refractivity contribution is 7.99. The summed E-state index contributed by atoms with van der Waals surface area (Å²) in [6, 6.07) is -0.337. The van der Waals surface area contributed by atoms with E-state index in [0.29, 0.717) is 11.7 Å². The van der Waals surface area contributed by atoms with Gasteiger partial charge in [-0.1, -0.05) is 6.92 Å². The van der Waals surface area contributed by atoms with Gasteiger partial charge in [0.05, 0.1) is 6.04 Å². The lowest BCUT2D eigenvalue weighted by molar-refractivity contribution is -0.159. The van der Waals surface area contributed by atoms with E-state index in [2.05, 4.69) is 6.92 Å². The van der Waals surface area contributed by atoms with Gasteiger partial charge in [0.15, 0.2) is 0 Å². The Labute approximate surface area is 109 Å². The first-order valence-corrected chi connectivity index (χ1v) is 7.13. The number of thioether (sulfide) groups is 1. The molecule has 0 aromatic heterocycles. The zero-order chi connectivity index (χ0) is 13.3. The second-order valence-corrected chi connectivity index (χ2v) is 6.40. The maximum Gasteiger partial charge on any atom is 0.406 e. The monoisotopic (exact) mass is 282 g/mol. The van der Waals surface area contributed by atoms with Gasteiger partial charge in [-0.3, -0.25) is 9.69 Å². The number of halogens is 3. The van der Waals surface area contributed by atoms with Gasteiger partial charge in [0.2, 0.25) is 5.91 Å². The molecule has 0 bridgehead atoms. The van der Waals surface area contributed by atoms with Crippen LogP contribution < -0.4 is 0 Å². The molecule has 0 saturated carbocycles. The molecule has 0 radical (unpaired) electrons. The van der Waals surface area contributed by atoms with Crippen LogP contribution in [-0.2, 0) is 4.79 Å². The Morgan fingerprint density at radius 1 is 1.39 bits per heavy atom. The molecular formula is C11H17F3N2OS. The molecule has 1 amide bonds. The van der Waals surface area contributed by atoms with Crippen LogP contribution >= 0.6 is 11.8 Å². The third kappa shape index (κ3) is 3.32. The third-order valence-corrected chi connectivity index (χ3v) is 4.49. The average Bonchev–Trinajstić information content (AvgIpc) is 2.58. The molecule has 0 aromatic rings. The topological polar surface area (TPSA) is 23.6 Å². The number of hydrogen-bond acceptors (Lipinski definition) is 3. The van der Waals surface area contributed by atoms with Gasteiger partial charge in [-0.15, -0.1) is 0 Å². The van der Waals surface area contributed by atoms with Crippen molar-refractivity contribution in [2.75, 3.05) is 31.9 Å². The van der Waals surface area contributed by atoms with Crippen molar-refractivity contribution in [2.24, 2.45) is 0 Å². The SMILES string of the molecule is CC1CN(C2CCN(CC(F)(F)F)C2=O)CCS1. The van der Waals surface area contributed by atoms with Crippen LogP contribution in [0.3, 0.4) is 0 Å². The zero-order valence-electron chi connectivity index (χ0n) is 10.2. The van der Waals surface area contributed by atoms with E-state index in [1.807, 2.05) is 16.7 Å². The molecule has 2 aliphatic heterocycles. The number of alkyl halides is 3. The Hall–Kier alpha value is -0.430. The Kier molecular flexibility index (Phi) is 4.11. The first-order valence-electron chi connectivity index (χ1n) is 6.08. The first kappa shape index (κ1) is 14.0. The summed E-state index contributed by atoms with van der Waals surface area (Å²) in [5.74, 6) is 0.593. The number of carbonyl (C=O) groups excluding carboxylic acids is 1. The molecule has 0 aliphatic carbocycles. The minimum atomic E-state index is -4.30. The van der Waals surface area contributed by atoms with Gasteiger partial charge in [-0.2, -0.15) is 24.9 Å². The third-order valence-electron chi connectivity index (χ3n) is 3.35. The number of hydrogen-bond donors (Lipinski definition) is 0. The van der Waals surface area contributed by atoms with E-state index >= 15 is 0 Å². The van der Waals surface area contributed by atoms with Crippen molar-refractivity contribution >= 4 is 17.7 Å². The summed E-state index contributed by atoms with van der Waals surface area (Å²) in [6.45, 7) is 2.79. The van der Waals surface area contributed by atoms with Crippen molar-refractivity contribution in [3.63, 3.8) is 0 Å². The molecule has 2 unspecified atom stereocenters. The van der Waals surface area contributed by atoms with E-state index in [0.717, 1.165) is 23.7 Å². The Morgan fingerprint density at radius 2 is 2.11 bits per heavy atom. The summed E-state index contributed by atoms with van der Waals surface area (Å²) in [5.41, 5.74) is 0. The van der Waals surface area contributed by atoms with Crippen LogP contribution in [0.2, 0.25) is 0 Å². The van der Waals surface area contributed by atoms with Crippen molar-refractivity contribution in [1.82, 2.24) is 9.80 Å². The molecule has 3 nitrogen and oxygen atoms in total. The smallest absolute Gasteiger partial charge is 0.332 e. The predicted molar refractivity (Wildman–Crippen MR) is 64.5 cm³/mol. The van der Waals surface area contributed by atoms with E-state index in [-0.39, 0.29) is 18.5 Å². The van der Waals surface area contributed by atoms with E-state index in [1.165, 1.54) is 0 Å². The highest BCUT2D eigenvalue weighted by Crippen LogP contribution is 2.26. The molecular weight excluding hydrogens is 265 g/mol. The van der Waals surface area contributed by atoms with Gasteiger partial charge in [0.25, 0.3) is 0 Å². The van der Waals surface area contributed by atoms with Gasteiger partial charge in [-0.25, -0.2) is 0 Å². The van der Waals surface area contributed by atoms with Crippen LogP contribution in [0.5, 0.6) is 0 Å². The summed E-state index contributed by atoms with van der Waals surface area (Å²) >= 11 is 1.85. The van der Waals surface area contributed by atoms with Gasteiger partial charge < -0.3 is 4.90 Å². The molecule has 2 rings (SSSR count). The fourth-order valence-corrected chi connectivity index (χ4v) is 3.60. The minimum Gasteiger partial charge on any atom is -0.332 e. The highest BCUT2D eigenvalue weighted by Gasteiger charge is 2.42. The van der Waals surface area contributed by atoms with Crippen molar-refractivity contribution < 1.29 is 18.0 Å². The second kappa shape index (κ2) is 5.28. The van der Waals surface area contributed by atoms with Crippen LogP contribution in [-0.4, -0.2) is 65.1 Å². The van der Waals surface area contributed by atoms with E-state index < -0.39 is 12.7 Å². The minimum absolute atomic E-state index is 0.223. The lowest BCUT2D eigenvalue weighted by Crippen LogP contribution is -2.48. The summed E-state index contributed by atoms with van der Waals surface area (Å²) < 4.78 is 36.9. The number of nitrogens with zero attached hydrogens (tertiary/aromatic N) is 2. The number of amides is 1. The van der Waals surface area contributed by atoms with Crippen LogP contribution in [0.4, 0.5) is 13.2 Å². The van der Waals surface area contributed by atoms with E-state index in [4.69, 9.17) is 0 Å².